The topological polar surface area (TPSA) is 96.2 Å². The van der Waals surface area contributed by atoms with E-state index >= 15 is 0 Å². The van der Waals surface area contributed by atoms with E-state index in [4.69, 9.17) is 0 Å². The third-order valence-corrected chi connectivity index (χ3v) is 3.63. The Morgan fingerprint density at radius 1 is 1.67 bits per heavy atom. The van der Waals surface area contributed by atoms with Crippen LogP contribution in [0.3, 0.4) is 0 Å². The number of hydrogen-bond donors (Lipinski definition) is 2. The van der Waals surface area contributed by atoms with Gasteiger partial charge in [-0.05, 0) is 0 Å². The van der Waals surface area contributed by atoms with Crippen molar-refractivity contribution in [3.05, 3.63) is 28.3 Å². The molecule has 0 amide bonds. The highest BCUT2D eigenvalue weighted by Crippen LogP contribution is 2.09. The maximum Gasteiger partial charge on any atom is 0.270 e. The Kier molecular flexibility index (Phi) is 4.57. The van der Waals surface area contributed by atoms with Crippen molar-refractivity contribution in [1.82, 2.24) is 15.3 Å². The average Bonchev–Trinajstić information content (AvgIpc) is 2.98. The first-order valence-corrected chi connectivity index (χ1v) is 6.89. The highest BCUT2D eigenvalue weighted by molar-refractivity contribution is 7.98. The summed E-state index contributed by atoms with van der Waals surface area (Å²) in [5, 5.41) is 13.8. The Morgan fingerprint density at radius 3 is 3.28 bits per heavy atom. The summed E-state index contributed by atoms with van der Waals surface area (Å²) in [5.74, 6) is 2.28. The van der Waals surface area contributed by atoms with Crippen molar-refractivity contribution in [2.45, 2.75) is 18.2 Å². The normalized spacial score (nSPS) is 18.7. The van der Waals surface area contributed by atoms with Crippen LogP contribution in [0.15, 0.2) is 17.5 Å². The number of amidine groups is 1. The molecule has 2 rings (SSSR count). The zero-order valence-electron chi connectivity index (χ0n) is 9.83. The fraction of sp³-hybridized carbons (Fsp3) is 0.600. The number of thioether (sulfide) groups is 1. The molecule has 0 aliphatic carbocycles. The van der Waals surface area contributed by atoms with Crippen LogP contribution in [0.4, 0.5) is 0 Å². The van der Waals surface area contributed by atoms with Crippen LogP contribution < -0.4 is 5.32 Å². The van der Waals surface area contributed by atoms with Gasteiger partial charge in [0.1, 0.15) is 0 Å². The summed E-state index contributed by atoms with van der Waals surface area (Å²) in [6.45, 7) is 1.25. The lowest BCUT2D eigenvalue weighted by Crippen LogP contribution is -2.37. The number of imidazole rings is 1. The van der Waals surface area contributed by atoms with E-state index in [9.17, 15) is 10.1 Å². The second kappa shape index (κ2) is 6.39. The van der Waals surface area contributed by atoms with Gasteiger partial charge < -0.3 is 10.3 Å². The van der Waals surface area contributed by atoms with Gasteiger partial charge in [-0.1, -0.05) is 0 Å². The maximum atomic E-state index is 10.7. The van der Waals surface area contributed by atoms with Crippen LogP contribution in [0, 0.1) is 10.1 Å². The molecule has 0 radical (unpaired) electrons. The Bertz CT molecular complexity index is 420. The largest absolute Gasteiger partial charge is 0.367 e. The number of nitro groups is 1. The van der Waals surface area contributed by atoms with Crippen molar-refractivity contribution in [2.75, 3.05) is 18.8 Å². The van der Waals surface area contributed by atoms with Crippen LogP contribution in [-0.2, 0) is 5.75 Å². The second-order valence-corrected chi connectivity index (χ2v) is 5.02. The van der Waals surface area contributed by atoms with Gasteiger partial charge in [-0.25, -0.2) is 4.98 Å². The predicted molar refractivity (Wildman–Crippen MR) is 70.5 cm³/mol. The zero-order chi connectivity index (χ0) is 12.8. The molecule has 7 nitrogen and oxygen atoms in total. The van der Waals surface area contributed by atoms with E-state index in [0.29, 0.717) is 25.3 Å². The third-order valence-electron chi connectivity index (χ3n) is 2.62. The molecular formula is C10H15N5O2S. The van der Waals surface area contributed by atoms with E-state index in [1.807, 2.05) is 0 Å². The fourth-order valence-corrected chi connectivity index (χ4v) is 2.49. The Hall–Kier alpha value is -1.57. The van der Waals surface area contributed by atoms with E-state index in [1.165, 1.54) is 0 Å². The number of rotatable bonds is 6. The van der Waals surface area contributed by atoms with Crippen LogP contribution in [0.2, 0.25) is 0 Å². The van der Waals surface area contributed by atoms with Crippen molar-refractivity contribution >= 4 is 17.6 Å². The summed E-state index contributed by atoms with van der Waals surface area (Å²) in [6, 6.07) is -0.636. The molecule has 2 N–H and O–H groups in total. The molecule has 1 aromatic rings. The quantitative estimate of drug-likeness (QED) is 0.450. The molecule has 0 spiro atoms. The van der Waals surface area contributed by atoms with Gasteiger partial charge in [0.2, 0.25) is 0 Å². The SMILES string of the molecule is O=[N+]([O-])C1CCN=C1NCCSCc1cnc[nH]1. The Morgan fingerprint density at radius 2 is 2.56 bits per heavy atom. The van der Waals surface area contributed by atoms with Gasteiger partial charge in [0.05, 0.1) is 6.33 Å². The maximum absolute atomic E-state index is 10.7. The Labute approximate surface area is 109 Å². The number of aromatic amines is 1. The van der Waals surface area contributed by atoms with E-state index in [2.05, 4.69) is 20.3 Å². The van der Waals surface area contributed by atoms with Crippen molar-refractivity contribution in [2.24, 2.45) is 4.99 Å². The minimum atomic E-state index is -0.636. The smallest absolute Gasteiger partial charge is 0.270 e. The highest BCUT2D eigenvalue weighted by atomic mass is 32.2. The summed E-state index contributed by atoms with van der Waals surface area (Å²) in [4.78, 5) is 21.5. The van der Waals surface area contributed by atoms with E-state index in [1.54, 1.807) is 24.3 Å². The van der Waals surface area contributed by atoms with Crippen LogP contribution in [0.1, 0.15) is 12.1 Å². The van der Waals surface area contributed by atoms with Gasteiger partial charge in [0, 0.05) is 47.8 Å². The van der Waals surface area contributed by atoms with Crippen molar-refractivity contribution in [3.63, 3.8) is 0 Å². The molecular weight excluding hydrogens is 254 g/mol. The second-order valence-electron chi connectivity index (χ2n) is 3.91. The number of aliphatic imine (C=N–C) groups is 1. The first-order valence-electron chi connectivity index (χ1n) is 5.74. The summed E-state index contributed by atoms with van der Waals surface area (Å²) >= 11 is 1.75. The summed E-state index contributed by atoms with van der Waals surface area (Å²) < 4.78 is 0. The number of aromatic nitrogens is 2. The molecule has 1 aliphatic heterocycles. The molecule has 0 aromatic carbocycles. The monoisotopic (exact) mass is 269 g/mol. The number of nitrogens with zero attached hydrogens (tertiary/aromatic N) is 3. The molecule has 0 saturated heterocycles. The van der Waals surface area contributed by atoms with Crippen LogP contribution in [0.5, 0.6) is 0 Å². The number of nitrogens with one attached hydrogen (secondary N) is 2. The minimum absolute atomic E-state index is 0.267. The van der Waals surface area contributed by atoms with Gasteiger partial charge in [-0.3, -0.25) is 15.1 Å². The molecule has 8 heteroatoms. The van der Waals surface area contributed by atoms with E-state index in [0.717, 1.165) is 17.2 Å². The first-order chi connectivity index (χ1) is 8.77. The Balaban J connectivity index is 1.62. The molecule has 98 valence electrons. The third kappa shape index (κ3) is 3.46. The first kappa shape index (κ1) is 12.9. The fourth-order valence-electron chi connectivity index (χ4n) is 1.73. The van der Waals surface area contributed by atoms with Gasteiger partial charge in [-0.2, -0.15) is 11.8 Å². The molecule has 0 bridgehead atoms. The van der Waals surface area contributed by atoms with Gasteiger partial charge in [0.25, 0.3) is 6.04 Å². The van der Waals surface area contributed by atoms with Crippen LogP contribution >= 0.6 is 11.8 Å². The molecule has 1 aliphatic rings. The number of hydrogen-bond acceptors (Lipinski definition) is 6. The van der Waals surface area contributed by atoms with Crippen LogP contribution in [-0.4, -0.2) is 45.6 Å². The molecule has 1 atom stereocenters. The van der Waals surface area contributed by atoms with Gasteiger partial charge >= 0.3 is 0 Å². The molecule has 0 fully saturated rings. The lowest BCUT2D eigenvalue weighted by molar-refractivity contribution is -0.502. The summed E-state index contributed by atoms with van der Waals surface area (Å²) in [7, 11) is 0. The summed E-state index contributed by atoms with van der Waals surface area (Å²) in [6.07, 6.45) is 3.96. The van der Waals surface area contributed by atoms with Gasteiger partial charge in [-0.15, -0.1) is 0 Å². The standard InChI is InChI=1S/C10H15N5O2S/c16-15(17)9-1-2-12-10(9)13-3-4-18-6-8-5-11-7-14-8/h5,7,9H,1-4,6H2,(H,11,14)(H,12,13). The summed E-state index contributed by atoms with van der Waals surface area (Å²) in [5.41, 5.74) is 1.08. The molecule has 1 aromatic heterocycles. The number of H-pyrrole nitrogens is 1. The lowest BCUT2D eigenvalue weighted by atomic mass is 10.2. The lowest BCUT2D eigenvalue weighted by Gasteiger charge is -2.08. The molecule has 1 unspecified atom stereocenters. The molecule has 2 heterocycles. The highest BCUT2D eigenvalue weighted by Gasteiger charge is 2.30. The van der Waals surface area contributed by atoms with Crippen molar-refractivity contribution in [1.29, 1.82) is 0 Å². The average molecular weight is 269 g/mol. The van der Waals surface area contributed by atoms with E-state index in [-0.39, 0.29) is 4.92 Å². The van der Waals surface area contributed by atoms with Crippen molar-refractivity contribution in [3.8, 4) is 0 Å². The molecule has 0 saturated carbocycles. The van der Waals surface area contributed by atoms with Gasteiger partial charge in [0.15, 0.2) is 5.84 Å². The predicted octanol–water partition coefficient (Wildman–Crippen LogP) is 0.680. The van der Waals surface area contributed by atoms with E-state index < -0.39 is 6.04 Å². The van der Waals surface area contributed by atoms with Crippen LogP contribution in [0.25, 0.3) is 0 Å². The van der Waals surface area contributed by atoms with Crippen molar-refractivity contribution < 1.29 is 4.92 Å². The zero-order valence-corrected chi connectivity index (χ0v) is 10.7. The molecule has 18 heavy (non-hydrogen) atoms. The minimum Gasteiger partial charge on any atom is -0.367 e.